The molecule has 0 aliphatic heterocycles. The minimum Gasteiger partial charge on any atom is -0.407 e. The molecule has 0 radical (unpaired) electrons. The molecular formula is C16H11ClF2N4O3. The number of amides is 1. The van der Waals surface area contributed by atoms with E-state index < -0.39 is 29.0 Å². The molecule has 0 aliphatic rings. The Bertz CT molecular complexity index is 1100. The highest BCUT2D eigenvalue weighted by atomic mass is 35.5. The van der Waals surface area contributed by atoms with Crippen molar-refractivity contribution in [3.63, 3.8) is 0 Å². The zero-order valence-corrected chi connectivity index (χ0v) is 14.0. The fourth-order valence-corrected chi connectivity index (χ4v) is 2.54. The molecule has 0 saturated carbocycles. The minimum atomic E-state index is -1.23. The van der Waals surface area contributed by atoms with Crippen molar-refractivity contribution in [1.29, 1.82) is 0 Å². The third-order valence-corrected chi connectivity index (χ3v) is 3.73. The molecule has 2 aromatic carbocycles. The molecule has 134 valence electrons. The van der Waals surface area contributed by atoms with Gasteiger partial charge in [0.1, 0.15) is 5.39 Å². The van der Waals surface area contributed by atoms with Gasteiger partial charge < -0.3 is 20.4 Å². The average molecular weight is 381 g/mol. The second-order valence-corrected chi connectivity index (χ2v) is 5.73. The third-order valence-electron chi connectivity index (χ3n) is 3.51. The average Bonchev–Trinajstić information content (AvgIpc) is 2.57. The Balaban J connectivity index is 2.11. The van der Waals surface area contributed by atoms with Crippen LogP contribution in [0.5, 0.6) is 5.75 Å². The van der Waals surface area contributed by atoms with Gasteiger partial charge in [0.15, 0.2) is 17.4 Å². The van der Waals surface area contributed by atoms with Gasteiger partial charge in [0.05, 0.1) is 23.2 Å². The quantitative estimate of drug-likeness (QED) is 0.727. The molecule has 0 fully saturated rings. The molecule has 10 heteroatoms. The van der Waals surface area contributed by atoms with E-state index in [1.165, 1.54) is 25.5 Å². The van der Waals surface area contributed by atoms with Crippen LogP contribution in [0.4, 0.5) is 25.0 Å². The smallest absolute Gasteiger partial charge is 0.407 e. The zero-order chi connectivity index (χ0) is 19.0. The maximum absolute atomic E-state index is 14.8. The lowest BCUT2D eigenvalue weighted by Crippen LogP contribution is -2.18. The summed E-state index contributed by atoms with van der Waals surface area (Å²) in [6.45, 7) is 0. The summed E-state index contributed by atoms with van der Waals surface area (Å²) in [6.07, 6.45) is 0.0324. The van der Waals surface area contributed by atoms with Gasteiger partial charge in [0.25, 0.3) is 5.56 Å². The summed E-state index contributed by atoms with van der Waals surface area (Å²) in [7, 11) is 1.43. The molecule has 0 atom stereocenters. The fourth-order valence-electron chi connectivity index (χ4n) is 2.33. The number of benzene rings is 2. The van der Waals surface area contributed by atoms with Crippen LogP contribution in [0.2, 0.25) is 5.02 Å². The minimum absolute atomic E-state index is 0.0175. The van der Waals surface area contributed by atoms with Gasteiger partial charge in [-0.15, -0.1) is 0 Å². The van der Waals surface area contributed by atoms with Gasteiger partial charge in [0.2, 0.25) is 0 Å². The summed E-state index contributed by atoms with van der Waals surface area (Å²) in [5.41, 5.74) is 3.97. The van der Waals surface area contributed by atoms with Gasteiger partial charge in [0, 0.05) is 18.1 Å². The van der Waals surface area contributed by atoms with Crippen molar-refractivity contribution >= 4 is 40.0 Å². The number of nitrogens with two attached hydrogens (primary N) is 1. The first-order valence-electron chi connectivity index (χ1n) is 7.15. The SMILES string of the molecule is Cn1cnc2ccc(Nc3cc(Cl)cc(OC(N)=O)c3F)c(F)c2c1=O. The maximum Gasteiger partial charge on any atom is 0.410 e. The maximum atomic E-state index is 14.8. The second-order valence-electron chi connectivity index (χ2n) is 5.29. The van der Waals surface area contributed by atoms with Crippen molar-refractivity contribution in [2.75, 3.05) is 5.32 Å². The van der Waals surface area contributed by atoms with Crippen molar-refractivity contribution in [2.24, 2.45) is 12.8 Å². The topological polar surface area (TPSA) is 99.2 Å². The van der Waals surface area contributed by atoms with Crippen molar-refractivity contribution < 1.29 is 18.3 Å². The third kappa shape index (κ3) is 3.16. The number of nitrogens with one attached hydrogen (secondary N) is 1. The Morgan fingerprint density at radius 2 is 2.00 bits per heavy atom. The van der Waals surface area contributed by atoms with Gasteiger partial charge in [-0.3, -0.25) is 4.79 Å². The standard InChI is InChI=1S/C16H11ClF2N4O3/c1-23-6-21-8-2-3-9(14(19)12(8)15(23)24)22-10-4-7(17)5-11(13(10)18)26-16(20)25/h2-6,22H,1H3,(H2,20,25). The molecule has 0 spiro atoms. The van der Waals surface area contributed by atoms with Crippen molar-refractivity contribution in [3.05, 3.63) is 57.6 Å². The number of halogens is 3. The molecule has 0 bridgehead atoms. The molecule has 26 heavy (non-hydrogen) atoms. The lowest BCUT2D eigenvalue weighted by atomic mass is 10.2. The van der Waals surface area contributed by atoms with Gasteiger partial charge >= 0.3 is 6.09 Å². The number of ether oxygens (including phenoxy) is 1. The monoisotopic (exact) mass is 380 g/mol. The molecule has 0 aliphatic carbocycles. The number of carbonyl (C=O) groups excluding carboxylic acids is 1. The molecule has 0 unspecified atom stereocenters. The first kappa shape index (κ1) is 17.6. The number of fused-ring (bicyclic) bond motifs is 1. The Labute approximate surface area is 150 Å². The highest BCUT2D eigenvalue weighted by Crippen LogP contribution is 2.33. The first-order valence-corrected chi connectivity index (χ1v) is 7.53. The number of aryl methyl sites for hydroxylation is 1. The van der Waals surface area contributed by atoms with Gasteiger partial charge in [-0.2, -0.15) is 0 Å². The molecule has 3 rings (SSSR count). The van der Waals surface area contributed by atoms with Crippen LogP contribution in [-0.4, -0.2) is 15.6 Å². The molecule has 3 aromatic rings. The number of hydrogen-bond donors (Lipinski definition) is 2. The van der Waals surface area contributed by atoms with Crippen LogP contribution in [0.15, 0.2) is 35.4 Å². The highest BCUT2D eigenvalue weighted by Gasteiger charge is 2.17. The Morgan fingerprint density at radius 1 is 1.27 bits per heavy atom. The summed E-state index contributed by atoms with van der Waals surface area (Å²) in [5, 5.41) is 2.26. The number of anilines is 2. The van der Waals surface area contributed by atoms with E-state index in [0.717, 1.165) is 16.7 Å². The molecule has 1 aromatic heterocycles. The summed E-state index contributed by atoms with van der Waals surface area (Å²) < 4.78 is 34.8. The van der Waals surface area contributed by atoms with Crippen LogP contribution in [0.3, 0.4) is 0 Å². The van der Waals surface area contributed by atoms with Crippen LogP contribution < -0.4 is 21.3 Å². The number of nitrogens with zero attached hydrogens (tertiary/aromatic N) is 2. The molecular weight excluding hydrogens is 370 g/mol. The molecule has 7 nitrogen and oxygen atoms in total. The van der Waals surface area contributed by atoms with Gasteiger partial charge in [-0.1, -0.05) is 11.6 Å². The number of carbonyl (C=O) groups is 1. The van der Waals surface area contributed by atoms with E-state index in [1.54, 1.807) is 0 Å². The summed E-state index contributed by atoms with van der Waals surface area (Å²) in [6, 6.07) is 4.91. The Morgan fingerprint density at radius 3 is 2.69 bits per heavy atom. The van der Waals surface area contributed by atoms with Crippen molar-refractivity contribution in [3.8, 4) is 5.75 Å². The Kier molecular flexibility index (Phi) is 4.47. The van der Waals surface area contributed by atoms with Crippen LogP contribution in [0.1, 0.15) is 0 Å². The molecule has 3 N–H and O–H groups in total. The normalized spacial score (nSPS) is 10.8. The molecule has 1 amide bonds. The van der Waals surface area contributed by atoms with E-state index >= 15 is 0 Å². The number of rotatable bonds is 3. The largest absolute Gasteiger partial charge is 0.410 e. The predicted octanol–water partition coefficient (Wildman–Crippen LogP) is 3.07. The van der Waals surface area contributed by atoms with Crippen molar-refractivity contribution in [1.82, 2.24) is 9.55 Å². The van der Waals surface area contributed by atoms with Crippen molar-refractivity contribution in [2.45, 2.75) is 0 Å². The van der Waals surface area contributed by atoms with Crippen LogP contribution in [0.25, 0.3) is 10.9 Å². The Hall–Kier alpha value is -3.20. The number of primary amides is 1. The predicted molar refractivity (Wildman–Crippen MR) is 91.8 cm³/mol. The van der Waals surface area contributed by atoms with E-state index in [-0.39, 0.29) is 27.3 Å². The highest BCUT2D eigenvalue weighted by molar-refractivity contribution is 6.31. The lowest BCUT2D eigenvalue weighted by Gasteiger charge is -2.13. The first-order chi connectivity index (χ1) is 12.3. The van der Waals surface area contributed by atoms with E-state index in [9.17, 15) is 18.4 Å². The number of aromatic nitrogens is 2. The van der Waals surface area contributed by atoms with Crippen LogP contribution in [-0.2, 0) is 7.05 Å². The second kappa shape index (κ2) is 6.60. The van der Waals surface area contributed by atoms with E-state index in [2.05, 4.69) is 15.0 Å². The number of hydrogen-bond acceptors (Lipinski definition) is 5. The van der Waals surface area contributed by atoms with E-state index in [4.69, 9.17) is 17.3 Å². The summed E-state index contributed by atoms with van der Waals surface area (Å²) >= 11 is 5.86. The van der Waals surface area contributed by atoms with Gasteiger partial charge in [-0.05, 0) is 18.2 Å². The van der Waals surface area contributed by atoms with Crippen LogP contribution >= 0.6 is 11.6 Å². The lowest BCUT2D eigenvalue weighted by molar-refractivity contribution is 0.209. The molecule has 0 saturated heterocycles. The molecule has 1 heterocycles. The van der Waals surface area contributed by atoms with Crippen LogP contribution in [0, 0.1) is 11.6 Å². The fraction of sp³-hybridized carbons (Fsp3) is 0.0625. The zero-order valence-electron chi connectivity index (χ0n) is 13.2. The summed E-state index contributed by atoms with van der Waals surface area (Å²) in [4.78, 5) is 26.9. The summed E-state index contributed by atoms with van der Waals surface area (Å²) in [5.74, 6) is -2.44. The van der Waals surface area contributed by atoms with Gasteiger partial charge in [-0.25, -0.2) is 18.6 Å². The van der Waals surface area contributed by atoms with E-state index in [1.807, 2.05) is 0 Å². The van der Waals surface area contributed by atoms with E-state index in [0.29, 0.717) is 0 Å².